The number of benzene rings is 1. The van der Waals surface area contributed by atoms with Crippen molar-refractivity contribution in [2.45, 2.75) is 38.8 Å². The molecule has 6 heteroatoms. The van der Waals surface area contributed by atoms with Crippen LogP contribution in [0.4, 0.5) is 10.5 Å². The van der Waals surface area contributed by atoms with E-state index in [1.54, 1.807) is 17.0 Å². The van der Waals surface area contributed by atoms with Crippen LogP contribution in [0.3, 0.4) is 0 Å². The Kier molecular flexibility index (Phi) is 4.49. The van der Waals surface area contributed by atoms with Crippen molar-refractivity contribution >= 4 is 11.8 Å². The van der Waals surface area contributed by atoms with Gasteiger partial charge in [-0.3, -0.25) is 15.0 Å². The number of carbonyl (C=O) groups is 1. The third-order valence-corrected chi connectivity index (χ3v) is 3.24. The Balaban J connectivity index is 2.28. The van der Waals surface area contributed by atoms with E-state index in [1.807, 2.05) is 32.9 Å². The molecular formula is C16H20N2O4. The summed E-state index contributed by atoms with van der Waals surface area (Å²) in [7, 11) is 0. The van der Waals surface area contributed by atoms with E-state index < -0.39 is 16.6 Å². The molecule has 1 aromatic rings. The number of amides is 1. The zero-order valence-corrected chi connectivity index (χ0v) is 13.0. The van der Waals surface area contributed by atoms with Crippen molar-refractivity contribution in [3.05, 3.63) is 52.1 Å². The Hall–Kier alpha value is -2.37. The van der Waals surface area contributed by atoms with Gasteiger partial charge in [0.15, 0.2) is 0 Å². The van der Waals surface area contributed by atoms with Crippen molar-refractivity contribution in [2.75, 3.05) is 6.54 Å². The third-order valence-electron chi connectivity index (χ3n) is 3.24. The number of hydrogen-bond acceptors (Lipinski definition) is 4. The minimum Gasteiger partial charge on any atom is -0.444 e. The molecule has 0 radical (unpaired) electrons. The number of rotatable bonds is 2. The van der Waals surface area contributed by atoms with E-state index in [9.17, 15) is 14.9 Å². The molecule has 1 aliphatic rings. The van der Waals surface area contributed by atoms with Crippen molar-refractivity contribution in [1.82, 2.24) is 4.90 Å². The van der Waals surface area contributed by atoms with Crippen LogP contribution >= 0.6 is 0 Å². The van der Waals surface area contributed by atoms with Gasteiger partial charge in [0.2, 0.25) is 0 Å². The molecule has 1 aromatic carbocycles. The molecule has 6 nitrogen and oxygen atoms in total. The van der Waals surface area contributed by atoms with E-state index in [4.69, 9.17) is 4.74 Å². The Morgan fingerprint density at radius 1 is 1.41 bits per heavy atom. The molecule has 1 aliphatic heterocycles. The molecule has 118 valence electrons. The second-order valence-corrected chi connectivity index (χ2v) is 6.19. The van der Waals surface area contributed by atoms with Gasteiger partial charge in [-0.25, -0.2) is 4.79 Å². The fourth-order valence-corrected chi connectivity index (χ4v) is 2.32. The third kappa shape index (κ3) is 3.84. The molecular weight excluding hydrogens is 284 g/mol. The first-order valence-electron chi connectivity index (χ1n) is 7.18. The van der Waals surface area contributed by atoms with Crippen LogP contribution in [0.2, 0.25) is 0 Å². The van der Waals surface area contributed by atoms with Crippen LogP contribution in [0.15, 0.2) is 36.4 Å². The molecule has 22 heavy (non-hydrogen) atoms. The number of carbonyl (C=O) groups excluding carboxylic acids is 1. The molecule has 0 bridgehead atoms. The van der Waals surface area contributed by atoms with Gasteiger partial charge < -0.3 is 4.74 Å². The summed E-state index contributed by atoms with van der Waals surface area (Å²) in [5.74, 6) is 0. The monoisotopic (exact) mass is 304 g/mol. The van der Waals surface area contributed by atoms with Gasteiger partial charge in [-0.15, -0.1) is 0 Å². The van der Waals surface area contributed by atoms with Crippen LogP contribution in [0, 0.1) is 10.1 Å². The fraction of sp³-hybridized carbons (Fsp3) is 0.438. The van der Waals surface area contributed by atoms with E-state index in [0.717, 1.165) is 6.42 Å². The number of ether oxygens (including phenoxy) is 1. The maximum absolute atomic E-state index is 12.4. The van der Waals surface area contributed by atoms with E-state index >= 15 is 0 Å². The van der Waals surface area contributed by atoms with Gasteiger partial charge in [0.05, 0.1) is 11.0 Å². The van der Waals surface area contributed by atoms with E-state index in [2.05, 4.69) is 0 Å². The predicted molar refractivity (Wildman–Crippen MR) is 82.5 cm³/mol. The zero-order valence-electron chi connectivity index (χ0n) is 13.0. The Morgan fingerprint density at radius 2 is 2.14 bits per heavy atom. The first kappa shape index (κ1) is 16.0. The first-order chi connectivity index (χ1) is 10.3. The normalized spacial score (nSPS) is 18.1. The fourth-order valence-electron chi connectivity index (χ4n) is 2.32. The van der Waals surface area contributed by atoms with Crippen LogP contribution in [0.5, 0.6) is 0 Å². The molecule has 0 aliphatic carbocycles. The highest BCUT2D eigenvalue weighted by Crippen LogP contribution is 2.29. The number of non-ortho nitro benzene ring substituents is 1. The van der Waals surface area contributed by atoms with Crippen LogP contribution in [-0.4, -0.2) is 28.1 Å². The summed E-state index contributed by atoms with van der Waals surface area (Å²) < 4.78 is 5.43. The number of nitro benzene ring substituents is 1. The molecule has 0 aromatic heterocycles. The average Bonchev–Trinajstić information content (AvgIpc) is 2.45. The SMILES string of the molecule is CC(C)(C)OC(=O)N1CCC=CC1c1cccc([N+](=O)[O-])c1. The van der Waals surface area contributed by atoms with Gasteiger partial charge in [0, 0.05) is 18.7 Å². The number of hydrogen-bond donors (Lipinski definition) is 0. The number of nitro groups is 1. The lowest BCUT2D eigenvalue weighted by molar-refractivity contribution is -0.384. The molecule has 0 N–H and O–H groups in total. The lowest BCUT2D eigenvalue weighted by Gasteiger charge is -2.34. The van der Waals surface area contributed by atoms with Crippen molar-refractivity contribution < 1.29 is 14.5 Å². The molecule has 0 spiro atoms. The van der Waals surface area contributed by atoms with Gasteiger partial charge in [-0.1, -0.05) is 24.3 Å². The van der Waals surface area contributed by atoms with E-state index in [0.29, 0.717) is 12.1 Å². The van der Waals surface area contributed by atoms with E-state index in [-0.39, 0.29) is 11.7 Å². The van der Waals surface area contributed by atoms with Crippen molar-refractivity contribution in [3.8, 4) is 0 Å². The maximum atomic E-state index is 12.4. The van der Waals surface area contributed by atoms with Gasteiger partial charge in [0.25, 0.3) is 5.69 Å². The van der Waals surface area contributed by atoms with Crippen molar-refractivity contribution in [2.24, 2.45) is 0 Å². The van der Waals surface area contributed by atoms with Crippen LogP contribution in [0.25, 0.3) is 0 Å². The molecule has 2 rings (SSSR count). The highest BCUT2D eigenvalue weighted by molar-refractivity contribution is 5.69. The summed E-state index contributed by atoms with van der Waals surface area (Å²) in [5.41, 5.74) is 0.141. The molecule has 0 fully saturated rings. The number of nitrogens with zero attached hydrogens (tertiary/aromatic N) is 2. The Morgan fingerprint density at radius 3 is 2.77 bits per heavy atom. The summed E-state index contributed by atoms with van der Waals surface area (Å²) in [4.78, 5) is 24.4. The topological polar surface area (TPSA) is 72.7 Å². The second-order valence-electron chi connectivity index (χ2n) is 6.19. The molecule has 1 amide bonds. The molecule has 1 unspecified atom stereocenters. The van der Waals surface area contributed by atoms with Gasteiger partial charge in [-0.05, 0) is 32.8 Å². The van der Waals surface area contributed by atoms with Crippen LogP contribution < -0.4 is 0 Å². The van der Waals surface area contributed by atoms with Gasteiger partial charge in [0.1, 0.15) is 5.60 Å². The summed E-state index contributed by atoms with van der Waals surface area (Å²) in [6.07, 6.45) is 4.19. The average molecular weight is 304 g/mol. The lowest BCUT2D eigenvalue weighted by atomic mass is 10.0. The minimum atomic E-state index is -0.578. The Labute approximate surface area is 129 Å². The summed E-state index contributed by atoms with van der Waals surface area (Å²) in [5, 5.41) is 10.9. The van der Waals surface area contributed by atoms with Crippen LogP contribution in [0.1, 0.15) is 38.8 Å². The molecule has 1 heterocycles. The largest absolute Gasteiger partial charge is 0.444 e. The maximum Gasteiger partial charge on any atom is 0.411 e. The predicted octanol–water partition coefficient (Wildman–Crippen LogP) is 3.83. The zero-order chi connectivity index (χ0) is 16.3. The van der Waals surface area contributed by atoms with Crippen molar-refractivity contribution in [3.63, 3.8) is 0 Å². The second kappa shape index (κ2) is 6.17. The quantitative estimate of drug-likeness (QED) is 0.473. The van der Waals surface area contributed by atoms with Crippen LogP contribution in [-0.2, 0) is 4.74 Å². The lowest BCUT2D eigenvalue weighted by Crippen LogP contribution is -2.40. The highest BCUT2D eigenvalue weighted by atomic mass is 16.6. The Bertz CT molecular complexity index is 604. The summed E-state index contributed by atoms with van der Waals surface area (Å²) >= 11 is 0. The molecule has 1 atom stereocenters. The minimum absolute atomic E-state index is 0.0145. The van der Waals surface area contributed by atoms with E-state index in [1.165, 1.54) is 12.1 Å². The smallest absolute Gasteiger partial charge is 0.411 e. The summed E-state index contributed by atoms with van der Waals surface area (Å²) in [6, 6.07) is 6.00. The van der Waals surface area contributed by atoms with Gasteiger partial charge in [-0.2, -0.15) is 0 Å². The highest BCUT2D eigenvalue weighted by Gasteiger charge is 2.29. The first-order valence-corrected chi connectivity index (χ1v) is 7.18. The molecule has 0 saturated carbocycles. The van der Waals surface area contributed by atoms with Crippen molar-refractivity contribution in [1.29, 1.82) is 0 Å². The summed E-state index contributed by atoms with van der Waals surface area (Å²) in [6.45, 7) is 5.96. The van der Waals surface area contributed by atoms with Gasteiger partial charge >= 0.3 is 6.09 Å². The standard InChI is InChI=1S/C16H20N2O4/c1-16(2,3)22-15(19)17-10-5-4-9-14(17)12-7-6-8-13(11-12)18(20)21/h4,6-9,11,14H,5,10H2,1-3H3. The molecule has 0 saturated heterocycles.